The van der Waals surface area contributed by atoms with Crippen molar-refractivity contribution in [1.29, 1.82) is 0 Å². The molecule has 0 bridgehead atoms. The second-order valence-corrected chi connectivity index (χ2v) is 0. The van der Waals surface area contributed by atoms with Crippen molar-refractivity contribution in [3.05, 3.63) is 0 Å². The zero-order valence-corrected chi connectivity index (χ0v) is 13.3. The summed E-state index contributed by atoms with van der Waals surface area (Å²) in [7, 11) is 0. The molecular weight excluding hydrogens is 354 g/mol. The van der Waals surface area contributed by atoms with Gasteiger partial charge in [0.05, 0.1) is 0 Å². The van der Waals surface area contributed by atoms with Crippen molar-refractivity contribution in [3.63, 3.8) is 0 Å². The van der Waals surface area contributed by atoms with Crippen LogP contribution in [0.2, 0.25) is 0 Å². The van der Waals surface area contributed by atoms with Gasteiger partial charge in [-0.05, 0) is 0 Å². The van der Waals surface area contributed by atoms with Gasteiger partial charge in [0.25, 0.3) is 0 Å². The Morgan fingerprint density at radius 3 is 0.429 bits per heavy atom. The second kappa shape index (κ2) is 50.3. The zero-order valence-electron chi connectivity index (χ0n) is 3.17. The Hall–Kier alpha value is 4.03. The molecule has 7 heavy (non-hydrogen) atoms. The van der Waals surface area contributed by atoms with Crippen molar-refractivity contribution < 1.29 is 94.7 Å². The summed E-state index contributed by atoms with van der Waals surface area (Å²) in [6, 6.07) is 0. The van der Waals surface area contributed by atoms with E-state index in [9.17, 15) is 0 Å². The summed E-state index contributed by atoms with van der Waals surface area (Å²) in [6.45, 7) is 0. The molecular formula is Cl5SrY. The van der Waals surface area contributed by atoms with Crippen molar-refractivity contribution in [2.24, 2.45) is 0 Å². The largest absolute Gasteiger partial charge is 3.00 e. The molecule has 0 atom stereocenters. The van der Waals surface area contributed by atoms with Crippen molar-refractivity contribution in [1.82, 2.24) is 0 Å². The molecule has 0 saturated carbocycles. The van der Waals surface area contributed by atoms with Crippen LogP contribution in [0.25, 0.3) is 0 Å². The van der Waals surface area contributed by atoms with E-state index in [2.05, 4.69) is 0 Å². The van der Waals surface area contributed by atoms with E-state index in [1.807, 2.05) is 0 Å². The summed E-state index contributed by atoms with van der Waals surface area (Å²) in [4.78, 5) is 0. The summed E-state index contributed by atoms with van der Waals surface area (Å²) in [5.41, 5.74) is 0. The monoisotopic (exact) mass is 352 g/mol. The number of halogens is 5. The van der Waals surface area contributed by atoms with Gasteiger partial charge in [0.2, 0.25) is 0 Å². The van der Waals surface area contributed by atoms with Crippen molar-refractivity contribution in [2.45, 2.75) is 0 Å². The maximum Gasteiger partial charge on any atom is 3.00 e. The molecule has 0 amide bonds. The van der Waals surface area contributed by atoms with E-state index in [0.717, 1.165) is 0 Å². The van der Waals surface area contributed by atoms with Crippen LogP contribution in [0.5, 0.6) is 0 Å². The molecule has 0 saturated heterocycles. The topological polar surface area (TPSA) is 0 Å². The molecule has 0 spiro atoms. The summed E-state index contributed by atoms with van der Waals surface area (Å²) >= 11 is 0. The van der Waals surface area contributed by atoms with Gasteiger partial charge in [0.1, 0.15) is 0 Å². The molecule has 0 nitrogen and oxygen atoms in total. The minimum absolute atomic E-state index is 0. The van der Waals surface area contributed by atoms with E-state index in [-0.39, 0.29) is 140 Å². The van der Waals surface area contributed by atoms with E-state index in [1.54, 1.807) is 0 Å². The third-order valence-corrected chi connectivity index (χ3v) is 0. The number of hydrogen-bond acceptors (Lipinski definition) is 0. The summed E-state index contributed by atoms with van der Waals surface area (Å²) in [6.07, 6.45) is 0. The Morgan fingerprint density at radius 2 is 0.429 bits per heavy atom. The average Bonchev–Trinajstić information content (AvgIpc) is 0. The Morgan fingerprint density at radius 1 is 0.429 bits per heavy atom. The van der Waals surface area contributed by atoms with Crippen molar-refractivity contribution >= 4 is 45.5 Å². The normalized spacial score (nSPS) is 0. The Balaban J connectivity index is 0. The Kier molecular flexibility index (Phi) is 491. The molecule has 0 aliphatic heterocycles. The minimum Gasteiger partial charge on any atom is -1.00 e. The van der Waals surface area contributed by atoms with Crippen LogP contribution >= 0.6 is 0 Å². The van der Waals surface area contributed by atoms with Crippen LogP contribution in [0.4, 0.5) is 0 Å². The van der Waals surface area contributed by atoms with E-state index < -0.39 is 0 Å². The van der Waals surface area contributed by atoms with Crippen LogP contribution in [-0.4, -0.2) is 45.5 Å². The third-order valence-electron chi connectivity index (χ3n) is 0. The standard InChI is InChI=1S/5ClH.Sr.Y/h5*1H;;/q;;;;;+2;+3/p-5. The van der Waals surface area contributed by atoms with E-state index in [4.69, 9.17) is 0 Å². The average molecular weight is 354 g/mol. The van der Waals surface area contributed by atoms with Crippen molar-refractivity contribution in [2.75, 3.05) is 0 Å². The maximum atomic E-state index is 0. The molecule has 0 radical (unpaired) electrons. The van der Waals surface area contributed by atoms with E-state index >= 15 is 0 Å². The number of hydrogen-bond donors (Lipinski definition) is 0. The Labute approximate surface area is 137 Å². The molecule has 0 aliphatic rings. The minimum atomic E-state index is 0. The first-order valence-corrected chi connectivity index (χ1v) is 0. The molecule has 0 aliphatic carbocycles. The second-order valence-electron chi connectivity index (χ2n) is 0. The van der Waals surface area contributed by atoms with Crippen molar-refractivity contribution in [3.8, 4) is 0 Å². The molecule has 0 rings (SSSR count). The van der Waals surface area contributed by atoms with Gasteiger partial charge in [-0.25, -0.2) is 0 Å². The van der Waals surface area contributed by atoms with Gasteiger partial charge < -0.3 is 62.0 Å². The van der Waals surface area contributed by atoms with Crippen LogP contribution in [0.1, 0.15) is 0 Å². The maximum absolute atomic E-state index is 0. The molecule has 40 valence electrons. The first-order valence-electron chi connectivity index (χ1n) is 0. The van der Waals surface area contributed by atoms with Crippen LogP contribution in [-0.2, 0) is 32.7 Å². The van der Waals surface area contributed by atoms with Gasteiger partial charge in [-0.2, -0.15) is 0 Å². The van der Waals surface area contributed by atoms with Gasteiger partial charge in [-0.15, -0.1) is 0 Å². The quantitative estimate of drug-likeness (QED) is 0.380. The fourth-order valence-corrected chi connectivity index (χ4v) is 0. The molecule has 0 fully saturated rings. The van der Waals surface area contributed by atoms with Gasteiger partial charge in [0.15, 0.2) is 0 Å². The van der Waals surface area contributed by atoms with Gasteiger partial charge in [-0.3, -0.25) is 0 Å². The van der Waals surface area contributed by atoms with Gasteiger partial charge in [0, 0.05) is 0 Å². The molecule has 7 heteroatoms. The third kappa shape index (κ3) is 39.8. The SMILES string of the molecule is [Cl-].[Cl-].[Cl-].[Cl-].[Cl-].[Sr+2].[Y+3]. The van der Waals surface area contributed by atoms with Crippen LogP contribution < -0.4 is 62.0 Å². The summed E-state index contributed by atoms with van der Waals surface area (Å²) in [5.74, 6) is 0. The summed E-state index contributed by atoms with van der Waals surface area (Å²) < 4.78 is 0. The molecule has 0 aromatic carbocycles. The predicted octanol–water partition coefficient (Wildman–Crippen LogP) is -15.4. The predicted molar refractivity (Wildman–Crippen MR) is 5.75 cm³/mol. The molecule has 0 aromatic heterocycles. The van der Waals surface area contributed by atoms with Crippen LogP contribution in [0, 0.1) is 0 Å². The van der Waals surface area contributed by atoms with E-state index in [1.165, 1.54) is 0 Å². The molecule has 0 aromatic rings. The molecule has 0 heterocycles. The van der Waals surface area contributed by atoms with Crippen LogP contribution in [0.15, 0.2) is 0 Å². The summed E-state index contributed by atoms with van der Waals surface area (Å²) in [5, 5.41) is 0. The first-order chi connectivity index (χ1) is 0. The zero-order chi connectivity index (χ0) is 0. The number of rotatable bonds is 0. The van der Waals surface area contributed by atoms with Gasteiger partial charge >= 0.3 is 78.2 Å². The fraction of sp³-hybridized carbons (Fsp3) is 0. The van der Waals surface area contributed by atoms with Gasteiger partial charge in [-0.1, -0.05) is 0 Å². The Bertz CT molecular complexity index is 8.04. The first kappa shape index (κ1) is 68.3. The van der Waals surface area contributed by atoms with Crippen LogP contribution in [0.3, 0.4) is 0 Å². The fourth-order valence-electron chi connectivity index (χ4n) is 0. The molecule has 0 N–H and O–H groups in total. The smallest absolute Gasteiger partial charge is 1.00 e. The van der Waals surface area contributed by atoms with E-state index in [0.29, 0.717) is 0 Å². The molecule has 0 unspecified atom stereocenters.